The second-order valence-electron chi connectivity index (χ2n) is 3.95. The van der Waals surface area contributed by atoms with Gasteiger partial charge in [0.1, 0.15) is 0 Å². The molecule has 0 saturated carbocycles. The zero-order valence-electron chi connectivity index (χ0n) is 10.3. The van der Waals surface area contributed by atoms with Gasteiger partial charge in [0.05, 0.1) is 11.3 Å². The molecule has 19 heavy (non-hydrogen) atoms. The number of primary amides is 1. The van der Waals surface area contributed by atoms with E-state index in [2.05, 4.69) is 5.16 Å². The first-order valence-electron chi connectivity index (χ1n) is 5.55. The molecule has 1 aromatic heterocycles. The van der Waals surface area contributed by atoms with Crippen molar-refractivity contribution in [2.75, 3.05) is 0 Å². The van der Waals surface area contributed by atoms with Gasteiger partial charge in [-0.25, -0.2) is 4.79 Å². The number of aryl methyl sites for hydroxylation is 1. The van der Waals surface area contributed by atoms with Crippen molar-refractivity contribution < 1.29 is 18.8 Å². The maximum Gasteiger partial charge on any atom is 0.338 e. The molecule has 6 heteroatoms. The van der Waals surface area contributed by atoms with Gasteiger partial charge in [-0.1, -0.05) is 5.16 Å². The third-order valence-corrected chi connectivity index (χ3v) is 2.43. The summed E-state index contributed by atoms with van der Waals surface area (Å²) in [6.45, 7) is 1.79. The number of aromatic nitrogens is 1. The molecule has 0 saturated heterocycles. The summed E-state index contributed by atoms with van der Waals surface area (Å²) in [5.41, 5.74) is 6.49. The van der Waals surface area contributed by atoms with Gasteiger partial charge in [0, 0.05) is 11.6 Å². The highest BCUT2D eigenvalue weighted by Crippen LogP contribution is 2.09. The number of benzene rings is 1. The summed E-state index contributed by atoms with van der Waals surface area (Å²) in [4.78, 5) is 22.6. The summed E-state index contributed by atoms with van der Waals surface area (Å²) >= 11 is 0. The number of nitrogens with zero attached hydrogens (tertiary/aromatic N) is 1. The lowest BCUT2D eigenvalue weighted by Gasteiger charge is -2.02. The van der Waals surface area contributed by atoms with Crippen LogP contribution in [0.5, 0.6) is 0 Å². The van der Waals surface area contributed by atoms with E-state index in [-0.39, 0.29) is 6.61 Å². The van der Waals surface area contributed by atoms with Crippen LogP contribution < -0.4 is 5.73 Å². The first-order valence-corrected chi connectivity index (χ1v) is 5.55. The number of nitrogens with two attached hydrogens (primary N) is 1. The maximum atomic E-state index is 11.7. The Morgan fingerprint density at radius 3 is 2.42 bits per heavy atom. The molecule has 0 bridgehead atoms. The van der Waals surface area contributed by atoms with Crippen molar-refractivity contribution in [1.82, 2.24) is 5.16 Å². The van der Waals surface area contributed by atoms with Gasteiger partial charge in [0.2, 0.25) is 5.91 Å². The molecular weight excluding hydrogens is 248 g/mol. The zero-order chi connectivity index (χ0) is 13.8. The highest BCUT2D eigenvalue weighted by Gasteiger charge is 2.10. The van der Waals surface area contributed by atoms with Crippen molar-refractivity contribution in [3.8, 4) is 0 Å². The van der Waals surface area contributed by atoms with Gasteiger partial charge in [0.25, 0.3) is 0 Å². The third-order valence-electron chi connectivity index (χ3n) is 2.43. The standard InChI is InChI=1S/C13H12N2O4/c1-8-6-11(19-15-8)7-18-13(17)10-4-2-9(3-5-10)12(14)16/h2-6H,7H2,1H3,(H2,14,16). The normalized spacial score (nSPS) is 10.2. The number of esters is 1. The zero-order valence-corrected chi connectivity index (χ0v) is 10.3. The number of carbonyl (C=O) groups excluding carboxylic acids is 2. The highest BCUT2D eigenvalue weighted by atomic mass is 16.5. The van der Waals surface area contributed by atoms with Crippen molar-refractivity contribution in [1.29, 1.82) is 0 Å². The van der Waals surface area contributed by atoms with Crippen LogP contribution in [-0.4, -0.2) is 17.0 Å². The lowest BCUT2D eigenvalue weighted by molar-refractivity contribution is 0.0437. The van der Waals surface area contributed by atoms with E-state index in [4.69, 9.17) is 15.0 Å². The Bertz CT molecular complexity index is 601. The Hall–Kier alpha value is -2.63. The molecular formula is C13H12N2O4. The molecule has 2 N–H and O–H groups in total. The van der Waals surface area contributed by atoms with E-state index in [0.29, 0.717) is 16.9 Å². The second kappa shape index (κ2) is 5.34. The molecule has 2 rings (SSSR count). The molecule has 6 nitrogen and oxygen atoms in total. The van der Waals surface area contributed by atoms with Crippen LogP contribution >= 0.6 is 0 Å². The summed E-state index contributed by atoms with van der Waals surface area (Å²) in [7, 11) is 0. The summed E-state index contributed by atoms with van der Waals surface area (Å²) in [6.07, 6.45) is 0. The van der Waals surface area contributed by atoms with E-state index in [1.807, 2.05) is 0 Å². The summed E-state index contributed by atoms with van der Waals surface area (Å²) in [5, 5.41) is 3.68. The molecule has 1 aromatic carbocycles. The van der Waals surface area contributed by atoms with Gasteiger partial charge in [-0.15, -0.1) is 0 Å². The number of amides is 1. The molecule has 2 aromatic rings. The predicted octanol–water partition coefficient (Wildman–Crippen LogP) is 1.44. The summed E-state index contributed by atoms with van der Waals surface area (Å²) < 4.78 is 9.95. The van der Waals surface area contributed by atoms with Crippen molar-refractivity contribution in [2.45, 2.75) is 13.5 Å². The van der Waals surface area contributed by atoms with Crippen LogP contribution in [0.15, 0.2) is 34.9 Å². The molecule has 0 atom stereocenters. The van der Waals surface area contributed by atoms with Crippen LogP contribution in [0, 0.1) is 6.92 Å². The molecule has 0 radical (unpaired) electrons. The van der Waals surface area contributed by atoms with Crippen LogP contribution in [-0.2, 0) is 11.3 Å². The van der Waals surface area contributed by atoms with Crippen LogP contribution in [0.25, 0.3) is 0 Å². The first kappa shape index (κ1) is 12.8. The van der Waals surface area contributed by atoms with Crippen LogP contribution in [0.2, 0.25) is 0 Å². The van der Waals surface area contributed by atoms with Crippen LogP contribution in [0.1, 0.15) is 32.2 Å². The smallest absolute Gasteiger partial charge is 0.338 e. The van der Waals surface area contributed by atoms with Crippen molar-refractivity contribution in [3.63, 3.8) is 0 Å². The van der Waals surface area contributed by atoms with Gasteiger partial charge in [0.15, 0.2) is 12.4 Å². The Labute approximate surface area is 109 Å². The fraction of sp³-hybridized carbons (Fsp3) is 0.154. The lowest BCUT2D eigenvalue weighted by Crippen LogP contribution is -2.11. The second-order valence-corrected chi connectivity index (χ2v) is 3.95. The fourth-order valence-corrected chi connectivity index (χ4v) is 1.47. The largest absolute Gasteiger partial charge is 0.454 e. The maximum absolute atomic E-state index is 11.7. The SMILES string of the molecule is Cc1cc(COC(=O)c2ccc(C(N)=O)cc2)on1. The number of ether oxygens (including phenoxy) is 1. The first-order chi connectivity index (χ1) is 9.06. The van der Waals surface area contributed by atoms with Crippen molar-refractivity contribution in [3.05, 3.63) is 52.9 Å². The molecule has 0 spiro atoms. The third kappa shape index (κ3) is 3.19. The number of hydrogen-bond acceptors (Lipinski definition) is 5. The molecule has 0 aliphatic rings. The van der Waals surface area contributed by atoms with E-state index in [1.54, 1.807) is 13.0 Å². The monoisotopic (exact) mass is 260 g/mol. The number of rotatable bonds is 4. The van der Waals surface area contributed by atoms with Crippen LogP contribution in [0.4, 0.5) is 0 Å². The molecule has 1 heterocycles. The molecule has 0 aliphatic heterocycles. The summed E-state index contributed by atoms with van der Waals surface area (Å²) in [6, 6.07) is 7.58. The molecule has 0 fully saturated rings. The predicted molar refractivity (Wildman–Crippen MR) is 65.3 cm³/mol. The molecule has 98 valence electrons. The van der Waals surface area contributed by atoms with E-state index in [0.717, 1.165) is 5.69 Å². The van der Waals surface area contributed by atoms with Gasteiger partial charge in [-0.05, 0) is 31.2 Å². The highest BCUT2D eigenvalue weighted by molar-refractivity contribution is 5.95. The van der Waals surface area contributed by atoms with Crippen molar-refractivity contribution in [2.24, 2.45) is 5.73 Å². The number of hydrogen-bond donors (Lipinski definition) is 1. The van der Waals surface area contributed by atoms with Gasteiger partial charge in [-0.3, -0.25) is 4.79 Å². The van der Waals surface area contributed by atoms with Gasteiger partial charge >= 0.3 is 5.97 Å². The molecule has 0 unspecified atom stereocenters. The number of carbonyl (C=O) groups is 2. The van der Waals surface area contributed by atoms with Crippen molar-refractivity contribution >= 4 is 11.9 Å². The average molecular weight is 260 g/mol. The van der Waals surface area contributed by atoms with Gasteiger partial charge in [-0.2, -0.15) is 0 Å². The quantitative estimate of drug-likeness (QED) is 0.839. The average Bonchev–Trinajstić information content (AvgIpc) is 2.82. The molecule has 0 aliphatic carbocycles. The minimum Gasteiger partial charge on any atom is -0.454 e. The summed E-state index contributed by atoms with van der Waals surface area (Å²) in [5.74, 6) is -0.582. The topological polar surface area (TPSA) is 95.4 Å². The minimum absolute atomic E-state index is 0.0112. The van der Waals surface area contributed by atoms with E-state index >= 15 is 0 Å². The van der Waals surface area contributed by atoms with Gasteiger partial charge < -0.3 is 15.0 Å². The Morgan fingerprint density at radius 2 is 1.89 bits per heavy atom. The van der Waals surface area contributed by atoms with E-state index in [1.165, 1.54) is 24.3 Å². The van der Waals surface area contributed by atoms with E-state index in [9.17, 15) is 9.59 Å². The molecule has 1 amide bonds. The van der Waals surface area contributed by atoms with Crippen LogP contribution in [0.3, 0.4) is 0 Å². The minimum atomic E-state index is -0.544. The Kier molecular flexibility index (Phi) is 3.61. The Morgan fingerprint density at radius 1 is 1.26 bits per heavy atom. The Balaban J connectivity index is 1.98. The lowest BCUT2D eigenvalue weighted by atomic mass is 10.1. The van der Waals surface area contributed by atoms with E-state index < -0.39 is 11.9 Å². The fourth-order valence-electron chi connectivity index (χ4n) is 1.47.